The maximum Gasteiger partial charge on any atom is 0.0555 e. The van der Waals surface area contributed by atoms with Gasteiger partial charge in [0.1, 0.15) is 0 Å². The van der Waals surface area contributed by atoms with E-state index in [1.54, 1.807) is 0 Å². The van der Waals surface area contributed by atoms with Gasteiger partial charge in [0.15, 0.2) is 0 Å². The molecule has 0 spiro atoms. The minimum absolute atomic E-state index is 0.0617. The molecule has 1 heterocycles. The molecular weight excluding hydrogens is 324 g/mol. The van der Waals surface area contributed by atoms with Crippen LogP contribution < -0.4 is 10.6 Å². The second-order valence-electron chi connectivity index (χ2n) is 5.89. The van der Waals surface area contributed by atoms with Crippen LogP contribution in [0.15, 0.2) is 40.9 Å². The quantitative estimate of drug-likeness (QED) is 0.842. The zero-order valence-electron chi connectivity index (χ0n) is 12.6. The third kappa shape index (κ3) is 2.85. The monoisotopic (exact) mass is 344 g/mol. The molecule has 110 valence electrons. The lowest BCUT2D eigenvalue weighted by Crippen LogP contribution is -2.25. The molecule has 3 heteroatoms. The van der Waals surface area contributed by atoms with E-state index in [0.717, 1.165) is 16.6 Å². The summed E-state index contributed by atoms with van der Waals surface area (Å²) in [5, 5.41) is 0. The molecular formula is C18H21BrN2. The molecule has 1 unspecified atom stereocenters. The summed E-state index contributed by atoms with van der Waals surface area (Å²) < 4.78 is 1.12. The summed E-state index contributed by atoms with van der Waals surface area (Å²) in [4.78, 5) is 2.41. The maximum absolute atomic E-state index is 5.97. The van der Waals surface area contributed by atoms with Crippen LogP contribution in [0.3, 0.4) is 0 Å². The van der Waals surface area contributed by atoms with Crippen LogP contribution in [0.2, 0.25) is 0 Å². The van der Waals surface area contributed by atoms with E-state index in [1.165, 1.54) is 35.3 Å². The lowest BCUT2D eigenvalue weighted by molar-refractivity contribution is 0.763. The molecule has 1 atom stereocenters. The summed E-state index contributed by atoms with van der Waals surface area (Å²) in [6.45, 7) is 5.24. The zero-order valence-corrected chi connectivity index (χ0v) is 14.2. The molecule has 1 aliphatic heterocycles. The van der Waals surface area contributed by atoms with E-state index in [4.69, 9.17) is 5.73 Å². The highest BCUT2D eigenvalue weighted by molar-refractivity contribution is 9.10. The first-order chi connectivity index (χ1) is 10.1. The summed E-state index contributed by atoms with van der Waals surface area (Å²) in [5.74, 6) is 0. The highest BCUT2D eigenvalue weighted by Crippen LogP contribution is 2.38. The number of hydrogen-bond donors (Lipinski definition) is 1. The number of halogens is 1. The van der Waals surface area contributed by atoms with Crippen LogP contribution in [0.1, 0.15) is 36.1 Å². The van der Waals surface area contributed by atoms with E-state index < -0.39 is 0 Å². The normalized spacial score (nSPS) is 15.7. The van der Waals surface area contributed by atoms with Crippen LogP contribution in [0, 0.1) is 6.92 Å². The second-order valence-corrected chi connectivity index (χ2v) is 6.74. The average Bonchev–Trinajstić information content (AvgIpc) is 2.46. The highest BCUT2D eigenvalue weighted by atomic mass is 79.9. The largest absolute Gasteiger partial charge is 0.340 e. The summed E-state index contributed by atoms with van der Waals surface area (Å²) in [7, 11) is 0. The molecule has 2 aromatic rings. The minimum atomic E-state index is 0.0617. The second kappa shape index (κ2) is 5.82. The third-order valence-corrected chi connectivity index (χ3v) is 4.78. The van der Waals surface area contributed by atoms with Crippen molar-refractivity contribution in [3.63, 3.8) is 0 Å². The van der Waals surface area contributed by atoms with Gasteiger partial charge >= 0.3 is 0 Å². The number of nitrogens with zero attached hydrogens (tertiary/aromatic N) is 1. The number of nitrogens with two attached hydrogens (primary N) is 1. The molecule has 0 aromatic heterocycles. The molecule has 2 nitrogen and oxygen atoms in total. The molecule has 2 aromatic carbocycles. The predicted octanol–water partition coefficient (Wildman–Crippen LogP) is 4.86. The number of hydrogen-bond acceptors (Lipinski definition) is 2. The summed E-state index contributed by atoms with van der Waals surface area (Å²) in [5.41, 5.74) is 12.5. The van der Waals surface area contributed by atoms with Crippen LogP contribution in [-0.2, 0) is 6.42 Å². The molecule has 0 aliphatic carbocycles. The van der Waals surface area contributed by atoms with E-state index in [2.05, 4.69) is 64.2 Å². The maximum atomic E-state index is 5.97. The molecule has 3 rings (SSSR count). The number of rotatable bonds is 2. The van der Waals surface area contributed by atoms with Crippen molar-refractivity contribution in [3.8, 4) is 0 Å². The van der Waals surface area contributed by atoms with Gasteiger partial charge in [-0.15, -0.1) is 0 Å². The molecule has 0 amide bonds. The van der Waals surface area contributed by atoms with Crippen molar-refractivity contribution >= 4 is 27.3 Å². The fourth-order valence-electron chi connectivity index (χ4n) is 3.00. The van der Waals surface area contributed by atoms with Crippen molar-refractivity contribution in [1.82, 2.24) is 0 Å². The van der Waals surface area contributed by atoms with Gasteiger partial charge in [-0.25, -0.2) is 0 Å². The Labute approximate surface area is 135 Å². The molecule has 1 aliphatic rings. The standard InChI is InChI=1S/C18H21BrN2/c1-12-5-7-17-15(10-12)4-3-9-21(17)18-8-6-14(13(2)20)11-16(18)19/h5-8,10-11,13H,3-4,9,20H2,1-2H3. The van der Waals surface area contributed by atoms with Crippen molar-refractivity contribution in [2.24, 2.45) is 5.73 Å². The average molecular weight is 345 g/mol. The Hall–Kier alpha value is -1.32. The van der Waals surface area contributed by atoms with E-state index in [0.29, 0.717) is 0 Å². The van der Waals surface area contributed by atoms with Gasteiger partial charge in [-0.05, 0) is 71.9 Å². The minimum Gasteiger partial charge on any atom is -0.340 e. The first-order valence-electron chi connectivity index (χ1n) is 7.48. The van der Waals surface area contributed by atoms with Crippen molar-refractivity contribution in [2.45, 2.75) is 32.7 Å². The van der Waals surface area contributed by atoms with Gasteiger partial charge in [-0.3, -0.25) is 0 Å². The molecule has 0 fully saturated rings. The van der Waals surface area contributed by atoms with Gasteiger partial charge in [0.25, 0.3) is 0 Å². The summed E-state index contributed by atoms with van der Waals surface area (Å²) in [6.07, 6.45) is 2.36. The zero-order chi connectivity index (χ0) is 15.0. The summed E-state index contributed by atoms with van der Waals surface area (Å²) >= 11 is 3.72. The molecule has 21 heavy (non-hydrogen) atoms. The SMILES string of the molecule is Cc1ccc2c(c1)CCCN2c1ccc(C(C)N)cc1Br. The van der Waals surface area contributed by atoms with Crippen molar-refractivity contribution < 1.29 is 0 Å². The molecule has 0 radical (unpaired) electrons. The highest BCUT2D eigenvalue weighted by Gasteiger charge is 2.20. The van der Waals surface area contributed by atoms with Gasteiger partial charge < -0.3 is 10.6 Å². The van der Waals surface area contributed by atoms with Crippen molar-refractivity contribution in [1.29, 1.82) is 0 Å². The smallest absolute Gasteiger partial charge is 0.0555 e. The Kier molecular flexibility index (Phi) is 4.05. The van der Waals surface area contributed by atoms with Crippen molar-refractivity contribution in [2.75, 3.05) is 11.4 Å². The predicted molar refractivity (Wildman–Crippen MR) is 93.3 cm³/mol. The number of anilines is 2. The fourth-order valence-corrected chi connectivity index (χ4v) is 3.61. The Morgan fingerprint density at radius 2 is 1.90 bits per heavy atom. The van der Waals surface area contributed by atoms with Gasteiger partial charge in [-0.1, -0.05) is 23.8 Å². The number of fused-ring (bicyclic) bond motifs is 1. The topological polar surface area (TPSA) is 29.3 Å². The van der Waals surface area contributed by atoms with Gasteiger partial charge in [0, 0.05) is 22.7 Å². The Morgan fingerprint density at radius 3 is 2.62 bits per heavy atom. The van der Waals surface area contributed by atoms with Gasteiger partial charge in [0.05, 0.1) is 5.69 Å². The van der Waals surface area contributed by atoms with E-state index in [-0.39, 0.29) is 6.04 Å². The van der Waals surface area contributed by atoms with E-state index in [1.807, 2.05) is 6.92 Å². The van der Waals surface area contributed by atoms with Crippen LogP contribution >= 0.6 is 15.9 Å². The Morgan fingerprint density at radius 1 is 1.14 bits per heavy atom. The van der Waals surface area contributed by atoms with Gasteiger partial charge in [0.2, 0.25) is 0 Å². The lowest BCUT2D eigenvalue weighted by atomic mass is 9.98. The Balaban J connectivity index is 2.03. The third-order valence-electron chi connectivity index (χ3n) is 4.14. The first-order valence-corrected chi connectivity index (χ1v) is 8.27. The molecule has 2 N–H and O–H groups in total. The Bertz CT molecular complexity index is 664. The van der Waals surface area contributed by atoms with Crippen LogP contribution in [-0.4, -0.2) is 6.54 Å². The molecule has 0 saturated heterocycles. The number of aryl methyl sites for hydroxylation is 2. The van der Waals surface area contributed by atoms with E-state index in [9.17, 15) is 0 Å². The van der Waals surface area contributed by atoms with Gasteiger partial charge in [-0.2, -0.15) is 0 Å². The lowest BCUT2D eigenvalue weighted by Gasteiger charge is -2.32. The molecule has 0 saturated carbocycles. The van der Waals surface area contributed by atoms with Crippen LogP contribution in [0.5, 0.6) is 0 Å². The van der Waals surface area contributed by atoms with E-state index >= 15 is 0 Å². The summed E-state index contributed by atoms with van der Waals surface area (Å²) in [6, 6.07) is 13.3. The fraction of sp³-hybridized carbons (Fsp3) is 0.333. The van der Waals surface area contributed by atoms with Crippen LogP contribution in [0.25, 0.3) is 0 Å². The van der Waals surface area contributed by atoms with Crippen LogP contribution in [0.4, 0.5) is 11.4 Å². The number of benzene rings is 2. The molecule has 0 bridgehead atoms. The van der Waals surface area contributed by atoms with Crippen molar-refractivity contribution in [3.05, 3.63) is 57.6 Å². The first kappa shape index (κ1) is 14.6.